The van der Waals surface area contributed by atoms with Gasteiger partial charge < -0.3 is 4.98 Å². The number of nitriles is 1. The highest BCUT2D eigenvalue weighted by atomic mass is 35.5. The third-order valence-electron chi connectivity index (χ3n) is 4.24. The van der Waals surface area contributed by atoms with E-state index >= 15 is 0 Å². The van der Waals surface area contributed by atoms with Crippen molar-refractivity contribution in [3.8, 4) is 17.2 Å². The minimum atomic E-state index is -4.19. The number of aromatic nitrogens is 1. The van der Waals surface area contributed by atoms with Crippen molar-refractivity contribution < 1.29 is 12.8 Å². The van der Waals surface area contributed by atoms with Gasteiger partial charge in [0.05, 0.1) is 16.5 Å². The molecule has 4 aromatic rings. The first-order valence-corrected chi connectivity index (χ1v) is 10.8. The fourth-order valence-corrected chi connectivity index (χ4v) is 6.27. The molecule has 1 N–H and O–H groups in total. The maximum absolute atomic E-state index is 13.9. The largest absolute Gasteiger partial charge is 0.314 e. The van der Waals surface area contributed by atoms with Gasteiger partial charge in [-0.25, -0.2) is 12.8 Å². The van der Waals surface area contributed by atoms with Crippen LogP contribution in [0.2, 0.25) is 5.02 Å². The molecule has 0 aliphatic heterocycles. The summed E-state index contributed by atoms with van der Waals surface area (Å²) < 4.78 is 40.6. The van der Waals surface area contributed by atoms with Gasteiger partial charge in [0.15, 0.2) is 0 Å². The van der Waals surface area contributed by atoms with E-state index in [0.717, 1.165) is 29.5 Å². The molecule has 0 fully saturated rings. The van der Waals surface area contributed by atoms with E-state index in [9.17, 15) is 17.6 Å². The second-order valence-corrected chi connectivity index (χ2v) is 9.73. The van der Waals surface area contributed by atoms with Crippen LogP contribution in [0.5, 0.6) is 0 Å². The van der Waals surface area contributed by atoms with Crippen LogP contribution in [0.25, 0.3) is 21.3 Å². The van der Waals surface area contributed by atoms with Crippen LogP contribution in [0.1, 0.15) is 5.56 Å². The summed E-state index contributed by atoms with van der Waals surface area (Å²) in [6, 6.07) is 14.1. The number of fused-ring (bicyclic) bond motifs is 1. The number of nitrogens with one attached hydrogen (secondary N) is 1. The first-order valence-electron chi connectivity index (χ1n) is 8.17. The first-order chi connectivity index (χ1) is 13.8. The van der Waals surface area contributed by atoms with Gasteiger partial charge in [-0.05, 0) is 42.0 Å². The highest BCUT2D eigenvalue weighted by Gasteiger charge is 2.28. The van der Waals surface area contributed by atoms with Crippen LogP contribution in [-0.4, -0.2) is 13.4 Å². The average Bonchev–Trinajstić information content (AvgIpc) is 3.07. The van der Waals surface area contributed by atoms with Gasteiger partial charge in [-0.3, -0.25) is 4.79 Å². The van der Waals surface area contributed by atoms with Crippen molar-refractivity contribution in [2.45, 2.75) is 9.10 Å². The SMILES string of the molecule is N#Cc1cc(F)cc(S(=O)(=O)c2sc3[nH]c(=O)ccc3c2-c2ccc(Cl)cc2)c1. The van der Waals surface area contributed by atoms with Gasteiger partial charge >= 0.3 is 0 Å². The van der Waals surface area contributed by atoms with Crippen LogP contribution in [0.3, 0.4) is 0 Å². The molecule has 0 unspecified atom stereocenters. The van der Waals surface area contributed by atoms with Crippen LogP contribution in [-0.2, 0) is 9.84 Å². The number of thiophene rings is 1. The summed E-state index contributed by atoms with van der Waals surface area (Å²) in [5, 5.41) is 10.1. The first kappa shape index (κ1) is 19.3. The molecule has 0 aliphatic carbocycles. The summed E-state index contributed by atoms with van der Waals surface area (Å²) in [6.07, 6.45) is 0. The molecule has 2 aromatic carbocycles. The number of halogens is 2. The van der Waals surface area contributed by atoms with Gasteiger partial charge in [-0.15, -0.1) is 11.3 Å². The van der Waals surface area contributed by atoms with Crippen molar-refractivity contribution in [2.75, 3.05) is 0 Å². The van der Waals surface area contributed by atoms with Crippen molar-refractivity contribution >= 4 is 43.0 Å². The zero-order chi connectivity index (χ0) is 20.8. The molecule has 0 atom stereocenters. The Morgan fingerprint density at radius 3 is 2.48 bits per heavy atom. The molecule has 4 rings (SSSR count). The molecule has 2 heterocycles. The molecule has 0 aliphatic rings. The maximum Gasteiger partial charge on any atom is 0.249 e. The molecule has 5 nitrogen and oxygen atoms in total. The van der Waals surface area contributed by atoms with Crippen LogP contribution in [0.4, 0.5) is 4.39 Å². The molecule has 0 spiro atoms. The maximum atomic E-state index is 13.9. The minimum Gasteiger partial charge on any atom is -0.314 e. The van der Waals surface area contributed by atoms with E-state index in [1.165, 1.54) is 6.07 Å². The van der Waals surface area contributed by atoms with E-state index in [4.69, 9.17) is 16.9 Å². The Balaban J connectivity index is 2.06. The van der Waals surface area contributed by atoms with Crippen molar-refractivity contribution in [2.24, 2.45) is 0 Å². The van der Waals surface area contributed by atoms with Gasteiger partial charge in [0, 0.05) is 22.0 Å². The van der Waals surface area contributed by atoms with Gasteiger partial charge in [0.1, 0.15) is 14.9 Å². The van der Waals surface area contributed by atoms with Crippen LogP contribution < -0.4 is 5.56 Å². The lowest BCUT2D eigenvalue weighted by molar-refractivity contribution is 0.592. The predicted molar refractivity (Wildman–Crippen MR) is 109 cm³/mol. The molecule has 0 amide bonds. The quantitative estimate of drug-likeness (QED) is 0.493. The third kappa shape index (κ3) is 3.44. The lowest BCUT2D eigenvalue weighted by Crippen LogP contribution is -2.03. The summed E-state index contributed by atoms with van der Waals surface area (Å²) in [7, 11) is -4.19. The average molecular weight is 445 g/mol. The predicted octanol–water partition coefficient (Wildman–Crippen LogP) is 4.75. The van der Waals surface area contributed by atoms with Gasteiger partial charge in [0.2, 0.25) is 15.4 Å². The summed E-state index contributed by atoms with van der Waals surface area (Å²) >= 11 is 6.83. The van der Waals surface area contributed by atoms with E-state index in [2.05, 4.69) is 4.98 Å². The number of hydrogen-bond donors (Lipinski definition) is 1. The van der Waals surface area contributed by atoms with E-state index < -0.39 is 15.7 Å². The summed E-state index contributed by atoms with van der Waals surface area (Å²) in [5.41, 5.74) is 0.470. The second-order valence-electron chi connectivity index (χ2n) is 6.13. The van der Waals surface area contributed by atoms with Crippen LogP contribution in [0.15, 0.2) is 68.5 Å². The number of rotatable bonds is 3. The van der Waals surface area contributed by atoms with Crippen molar-refractivity contribution in [3.63, 3.8) is 0 Å². The van der Waals surface area contributed by atoms with E-state index in [1.54, 1.807) is 36.4 Å². The molecule has 0 radical (unpaired) electrons. The minimum absolute atomic E-state index is 0.0637. The number of nitrogens with zero attached hydrogens (tertiary/aromatic N) is 1. The monoisotopic (exact) mass is 444 g/mol. The molecule has 0 bridgehead atoms. The Morgan fingerprint density at radius 2 is 1.79 bits per heavy atom. The highest BCUT2D eigenvalue weighted by molar-refractivity contribution is 7.93. The lowest BCUT2D eigenvalue weighted by Gasteiger charge is -2.08. The van der Waals surface area contributed by atoms with E-state index in [1.807, 2.05) is 0 Å². The molecule has 0 saturated carbocycles. The molecule has 2 aromatic heterocycles. The molecular weight excluding hydrogens is 435 g/mol. The zero-order valence-electron chi connectivity index (χ0n) is 14.4. The number of H-pyrrole nitrogens is 1. The number of benzene rings is 2. The zero-order valence-corrected chi connectivity index (χ0v) is 16.8. The Hall–Kier alpha value is -2.99. The molecule has 29 heavy (non-hydrogen) atoms. The molecular formula is C20H10ClFN2O3S2. The Morgan fingerprint density at radius 1 is 1.07 bits per heavy atom. The molecule has 144 valence electrons. The molecule has 0 saturated heterocycles. The van der Waals surface area contributed by atoms with E-state index in [0.29, 0.717) is 26.4 Å². The lowest BCUT2D eigenvalue weighted by atomic mass is 10.1. The smallest absolute Gasteiger partial charge is 0.249 e. The van der Waals surface area contributed by atoms with Crippen LogP contribution >= 0.6 is 22.9 Å². The summed E-state index contributed by atoms with van der Waals surface area (Å²) in [5.74, 6) is -0.829. The van der Waals surface area contributed by atoms with Crippen LogP contribution in [0, 0.1) is 17.1 Å². The van der Waals surface area contributed by atoms with Gasteiger partial charge in [-0.1, -0.05) is 23.7 Å². The number of aromatic amines is 1. The fraction of sp³-hybridized carbons (Fsp3) is 0. The van der Waals surface area contributed by atoms with Crippen molar-refractivity contribution in [1.29, 1.82) is 5.26 Å². The van der Waals surface area contributed by atoms with Crippen molar-refractivity contribution in [1.82, 2.24) is 4.98 Å². The number of hydrogen-bond acceptors (Lipinski definition) is 5. The van der Waals surface area contributed by atoms with E-state index in [-0.39, 0.29) is 20.2 Å². The molecule has 9 heteroatoms. The Bertz CT molecular complexity index is 1470. The van der Waals surface area contributed by atoms with Gasteiger partial charge in [-0.2, -0.15) is 5.26 Å². The standard InChI is InChI=1S/C20H10ClFN2O3S2/c21-13-3-1-12(2-4-13)18-16-5-6-17(25)24-19(16)28-20(18)29(26,27)15-8-11(10-23)7-14(22)9-15/h1-9H,(H,24,25). The fourth-order valence-electron chi connectivity index (χ4n) is 2.96. The number of pyridine rings is 1. The summed E-state index contributed by atoms with van der Waals surface area (Å²) in [4.78, 5) is 14.4. The number of sulfone groups is 1. The normalized spacial score (nSPS) is 11.5. The summed E-state index contributed by atoms with van der Waals surface area (Å²) in [6.45, 7) is 0. The van der Waals surface area contributed by atoms with Gasteiger partial charge in [0.25, 0.3) is 0 Å². The second kappa shape index (κ2) is 7.12. The topological polar surface area (TPSA) is 90.8 Å². The Kier molecular flexibility index (Phi) is 4.74. The third-order valence-corrected chi connectivity index (χ3v) is 7.86. The van der Waals surface area contributed by atoms with Crippen molar-refractivity contribution in [3.05, 3.63) is 81.4 Å². The highest BCUT2D eigenvalue weighted by Crippen LogP contribution is 2.43. The Labute approximate surface area is 173 Å².